The summed E-state index contributed by atoms with van der Waals surface area (Å²) in [6.07, 6.45) is 0. The maximum Gasteiger partial charge on any atom is 0.260 e. The predicted molar refractivity (Wildman–Crippen MR) is 97.5 cm³/mol. The molecule has 1 aliphatic rings. The molecule has 0 bridgehead atoms. The van der Waals surface area contributed by atoms with Gasteiger partial charge in [0.15, 0.2) is 18.2 Å². The van der Waals surface area contributed by atoms with Crippen LogP contribution in [-0.2, 0) is 4.79 Å². The van der Waals surface area contributed by atoms with Crippen LogP contribution in [0.3, 0.4) is 0 Å². The summed E-state index contributed by atoms with van der Waals surface area (Å²) >= 11 is 0. The van der Waals surface area contributed by atoms with Crippen molar-refractivity contribution in [2.75, 3.05) is 26.2 Å². The zero-order valence-corrected chi connectivity index (χ0v) is 14.6. The number of ether oxygens (including phenoxy) is 1. The van der Waals surface area contributed by atoms with Crippen LogP contribution in [0.1, 0.15) is 11.5 Å². The number of nitrogens with zero attached hydrogens (tertiary/aromatic N) is 1. The molecule has 0 unspecified atom stereocenters. The molecular formula is C19H22ClFN2O2. The molecule has 2 aromatic rings. The van der Waals surface area contributed by atoms with Crippen molar-refractivity contribution >= 4 is 18.3 Å². The molecule has 4 nitrogen and oxygen atoms in total. The normalized spacial score (nSPS) is 19.4. The highest BCUT2D eigenvalue weighted by atomic mass is 35.5. The molecule has 1 heterocycles. The highest BCUT2D eigenvalue weighted by Gasteiger charge is 2.35. The second-order valence-electron chi connectivity index (χ2n) is 6.03. The first-order valence-electron chi connectivity index (χ1n) is 8.09. The molecule has 2 aromatic carbocycles. The van der Waals surface area contributed by atoms with Crippen molar-refractivity contribution in [1.82, 2.24) is 4.90 Å². The largest absolute Gasteiger partial charge is 0.481 e. The lowest BCUT2D eigenvalue weighted by molar-refractivity contribution is -0.132. The quantitative estimate of drug-likeness (QED) is 0.887. The molecule has 0 aliphatic carbocycles. The Morgan fingerprint density at radius 2 is 1.80 bits per heavy atom. The molecular weight excluding hydrogens is 343 g/mol. The Labute approximate surface area is 153 Å². The van der Waals surface area contributed by atoms with Gasteiger partial charge in [0.25, 0.3) is 5.91 Å². The number of amides is 1. The van der Waals surface area contributed by atoms with E-state index in [2.05, 4.69) is 12.1 Å². The zero-order chi connectivity index (χ0) is 16.9. The number of para-hydroxylation sites is 1. The third kappa shape index (κ3) is 4.50. The fraction of sp³-hybridized carbons (Fsp3) is 0.316. The molecule has 3 rings (SSSR count). The van der Waals surface area contributed by atoms with E-state index in [1.807, 2.05) is 18.2 Å². The SMILES string of the molecule is Cl.NC[C@@H]1CN(C(=O)COc2ccccc2F)C[C@H]1c1ccccc1. The summed E-state index contributed by atoms with van der Waals surface area (Å²) in [6, 6.07) is 16.2. The van der Waals surface area contributed by atoms with E-state index in [0.29, 0.717) is 19.6 Å². The van der Waals surface area contributed by atoms with Gasteiger partial charge in [-0.2, -0.15) is 0 Å². The number of likely N-dealkylation sites (tertiary alicyclic amines) is 1. The molecule has 0 radical (unpaired) electrons. The summed E-state index contributed by atoms with van der Waals surface area (Å²) < 4.78 is 18.9. The second kappa shape index (κ2) is 8.83. The first-order chi connectivity index (χ1) is 11.7. The minimum absolute atomic E-state index is 0. The van der Waals surface area contributed by atoms with Gasteiger partial charge < -0.3 is 15.4 Å². The number of carbonyl (C=O) groups is 1. The molecule has 1 saturated heterocycles. The van der Waals surface area contributed by atoms with Crippen LogP contribution in [0.25, 0.3) is 0 Å². The fourth-order valence-corrected chi connectivity index (χ4v) is 3.18. The summed E-state index contributed by atoms with van der Waals surface area (Å²) in [6.45, 7) is 1.58. The molecule has 25 heavy (non-hydrogen) atoms. The van der Waals surface area contributed by atoms with Crippen molar-refractivity contribution in [2.24, 2.45) is 11.7 Å². The molecule has 134 valence electrons. The Hall–Kier alpha value is -2.11. The van der Waals surface area contributed by atoms with E-state index in [4.69, 9.17) is 10.5 Å². The van der Waals surface area contributed by atoms with E-state index in [-0.39, 0.29) is 42.5 Å². The van der Waals surface area contributed by atoms with Crippen molar-refractivity contribution in [2.45, 2.75) is 5.92 Å². The lowest BCUT2D eigenvalue weighted by Gasteiger charge is -2.17. The first kappa shape index (κ1) is 19.2. The topological polar surface area (TPSA) is 55.6 Å². The van der Waals surface area contributed by atoms with Gasteiger partial charge in [0.05, 0.1) is 0 Å². The smallest absolute Gasteiger partial charge is 0.260 e. The van der Waals surface area contributed by atoms with Crippen molar-refractivity contribution in [3.05, 3.63) is 66.0 Å². The Kier molecular flexibility index (Phi) is 6.79. The van der Waals surface area contributed by atoms with Gasteiger partial charge in [-0.05, 0) is 30.2 Å². The Morgan fingerprint density at radius 3 is 2.48 bits per heavy atom. The molecule has 6 heteroatoms. The van der Waals surface area contributed by atoms with E-state index in [1.165, 1.54) is 17.7 Å². The fourth-order valence-electron chi connectivity index (χ4n) is 3.18. The Balaban J connectivity index is 0.00000225. The minimum atomic E-state index is -0.464. The van der Waals surface area contributed by atoms with Gasteiger partial charge in [-0.3, -0.25) is 4.79 Å². The summed E-state index contributed by atoms with van der Waals surface area (Å²) in [5.74, 6) is -0.0534. The number of hydrogen-bond donors (Lipinski definition) is 1. The van der Waals surface area contributed by atoms with Crippen molar-refractivity contribution in [3.8, 4) is 5.75 Å². The van der Waals surface area contributed by atoms with E-state index >= 15 is 0 Å². The number of benzene rings is 2. The molecule has 1 aliphatic heterocycles. The zero-order valence-electron chi connectivity index (χ0n) is 13.8. The van der Waals surface area contributed by atoms with Gasteiger partial charge in [0.1, 0.15) is 0 Å². The summed E-state index contributed by atoms with van der Waals surface area (Å²) in [4.78, 5) is 14.2. The summed E-state index contributed by atoms with van der Waals surface area (Å²) in [5, 5.41) is 0. The molecule has 1 fully saturated rings. The Morgan fingerprint density at radius 1 is 1.12 bits per heavy atom. The van der Waals surface area contributed by atoms with Crippen molar-refractivity contribution in [1.29, 1.82) is 0 Å². The van der Waals surface area contributed by atoms with E-state index < -0.39 is 5.82 Å². The highest BCUT2D eigenvalue weighted by Crippen LogP contribution is 2.32. The highest BCUT2D eigenvalue weighted by molar-refractivity contribution is 5.85. The summed E-state index contributed by atoms with van der Waals surface area (Å²) in [5.41, 5.74) is 7.08. The third-order valence-electron chi connectivity index (χ3n) is 4.51. The maximum absolute atomic E-state index is 13.6. The number of halogens is 2. The molecule has 0 aromatic heterocycles. The van der Waals surface area contributed by atoms with E-state index in [0.717, 1.165) is 0 Å². The van der Waals surface area contributed by atoms with Crippen LogP contribution in [0, 0.1) is 11.7 Å². The van der Waals surface area contributed by atoms with Crippen molar-refractivity contribution in [3.63, 3.8) is 0 Å². The lowest BCUT2D eigenvalue weighted by atomic mass is 9.89. The predicted octanol–water partition coefficient (Wildman–Crippen LogP) is 2.83. The minimum Gasteiger partial charge on any atom is -0.481 e. The van der Waals surface area contributed by atoms with Crippen LogP contribution >= 0.6 is 12.4 Å². The van der Waals surface area contributed by atoms with Gasteiger partial charge in [-0.15, -0.1) is 12.4 Å². The van der Waals surface area contributed by atoms with Gasteiger partial charge in [-0.25, -0.2) is 4.39 Å². The molecule has 1 amide bonds. The first-order valence-corrected chi connectivity index (χ1v) is 8.09. The van der Waals surface area contributed by atoms with Gasteiger partial charge >= 0.3 is 0 Å². The van der Waals surface area contributed by atoms with Crippen LogP contribution in [0.5, 0.6) is 5.75 Å². The van der Waals surface area contributed by atoms with Crippen molar-refractivity contribution < 1.29 is 13.9 Å². The van der Waals surface area contributed by atoms with Gasteiger partial charge in [-0.1, -0.05) is 42.5 Å². The van der Waals surface area contributed by atoms with Crippen LogP contribution < -0.4 is 10.5 Å². The molecule has 2 N–H and O–H groups in total. The van der Waals surface area contributed by atoms with Gasteiger partial charge in [0, 0.05) is 19.0 Å². The number of rotatable bonds is 5. The van der Waals surface area contributed by atoms with Crippen LogP contribution in [0.2, 0.25) is 0 Å². The van der Waals surface area contributed by atoms with Crippen LogP contribution in [-0.4, -0.2) is 37.0 Å². The lowest BCUT2D eigenvalue weighted by Crippen LogP contribution is -2.33. The average Bonchev–Trinajstić information content (AvgIpc) is 3.06. The molecule has 0 spiro atoms. The van der Waals surface area contributed by atoms with Crippen LogP contribution in [0.4, 0.5) is 4.39 Å². The molecule has 0 saturated carbocycles. The summed E-state index contributed by atoms with van der Waals surface area (Å²) in [7, 11) is 0. The monoisotopic (exact) mass is 364 g/mol. The van der Waals surface area contributed by atoms with Gasteiger partial charge in [0.2, 0.25) is 0 Å². The third-order valence-corrected chi connectivity index (χ3v) is 4.51. The molecule has 2 atom stereocenters. The Bertz CT molecular complexity index is 699. The second-order valence-corrected chi connectivity index (χ2v) is 6.03. The number of hydrogen-bond acceptors (Lipinski definition) is 3. The average molecular weight is 365 g/mol. The van der Waals surface area contributed by atoms with Crippen LogP contribution in [0.15, 0.2) is 54.6 Å². The number of carbonyl (C=O) groups excluding carboxylic acids is 1. The standard InChI is InChI=1S/C19H21FN2O2.ClH/c20-17-8-4-5-9-18(17)24-13-19(23)22-11-15(10-21)16(12-22)14-6-2-1-3-7-14;/h1-9,15-16H,10-13,21H2;1H/t15-,16+;/m1./s1. The van der Waals surface area contributed by atoms with E-state index in [9.17, 15) is 9.18 Å². The number of nitrogens with two attached hydrogens (primary N) is 1. The maximum atomic E-state index is 13.6. The van der Waals surface area contributed by atoms with E-state index in [1.54, 1.807) is 17.0 Å².